The molecule has 2 unspecified atom stereocenters. The molecule has 6 nitrogen and oxygen atoms in total. The van der Waals surface area contributed by atoms with Crippen molar-refractivity contribution < 1.29 is 9.59 Å². The molecule has 0 spiro atoms. The molecule has 1 aliphatic rings. The van der Waals surface area contributed by atoms with Crippen molar-refractivity contribution in [3.63, 3.8) is 0 Å². The lowest BCUT2D eigenvalue weighted by atomic mass is 10.0. The Morgan fingerprint density at radius 1 is 1.26 bits per heavy atom. The van der Waals surface area contributed by atoms with Crippen LogP contribution in [0.2, 0.25) is 0 Å². The minimum absolute atomic E-state index is 0. The molecule has 1 aromatic heterocycles. The van der Waals surface area contributed by atoms with Gasteiger partial charge in [0.15, 0.2) is 0 Å². The number of carbonyl (C=O) groups excluding carboxylic acids is 2. The van der Waals surface area contributed by atoms with Gasteiger partial charge >= 0.3 is 0 Å². The fourth-order valence-corrected chi connectivity index (χ4v) is 3.35. The third-order valence-corrected chi connectivity index (χ3v) is 4.59. The van der Waals surface area contributed by atoms with Gasteiger partial charge in [0.1, 0.15) is 0 Å². The van der Waals surface area contributed by atoms with Gasteiger partial charge in [0, 0.05) is 39.0 Å². The summed E-state index contributed by atoms with van der Waals surface area (Å²) >= 11 is 0. The van der Waals surface area contributed by atoms with E-state index in [9.17, 15) is 9.59 Å². The predicted molar refractivity (Wildman–Crippen MR) is 106 cm³/mol. The van der Waals surface area contributed by atoms with Gasteiger partial charge in [-0.05, 0) is 17.2 Å². The van der Waals surface area contributed by atoms with Gasteiger partial charge in [0.25, 0.3) is 0 Å². The van der Waals surface area contributed by atoms with Gasteiger partial charge in [-0.1, -0.05) is 36.4 Å². The molecule has 144 valence electrons. The highest BCUT2D eigenvalue weighted by Gasteiger charge is 2.30. The first-order chi connectivity index (χ1) is 12.6. The number of nitrogens with one attached hydrogen (secondary N) is 2. The van der Waals surface area contributed by atoms with Crippen molar-refractivity contribution in [3.05, 3.63) is 66.0 Å². The Labute approximate surface area is 165 Å². The van der Waals surface area contributed by atoms with Crippen molar-refractivity contribution in [1.29, 1.82) is 0 Å². The molecule has 2 aromatic rings. The van der Waals surface area contributed by atoms with E-state index in [1.54, 1.807) is 12.4 Å². The van der Waals surface area contributed by atoms with Crippen molar-refractivity contribution in [1.82, 2.24) is 20.5 Å². The van der Waals surface area contributed by atoms with Gasteiger partial charge < -0.3 is 15.5 Å². The van der Waals surface area contributed by atoms with Crippen LogP contribution < -0.4 is 10.6 Å². The van der Waals surface area contributed by atoms with Gasteiger partial charge in [-0.15, -0.1) is 12.4 Å². The summed E-state index contributed by atoms with van der Waals surface area (Å²) in [5, 5.41) is 6.25. The number of pyridine rings is 1. The highest BCUT2D eigenvalue weighted by atomic mass is 35.5. The maximum absolute atomic E-state index is 13.1. The molecule has 2 atom stereocenters. The second-order valence-electron chi connectivity index (χ2n) is 6.46. The molecule has 7 heteroatoms. The SMILES string of the molecule is CC(=O)NC(CC(=O)N1CCNCC1c1cccnc1)c1ccccc1.Cl. The van der Waals surface area contributed by atoms with Crippen LogP contribution in [0.4, 0.5) is 0 Å². The molecule has 2 amide bonds. The average molecular weight is 389 g/mol. The normalized spacial score (nSPS) is 17.5. The fourth-order valence-electron chi connectivity index (χ4n) is 3.35. The molecule has 1 fully saturated rings. The molecule has 3 rings (SSSR count). The van der Waals surface area contributed by atoms with Crippen molar-refractivity contribution in [3.8, 4) is 0 Å². The molecule has 27 heavy (non-hydrogen) atoms. The van der Waals surface area contributed by atoms with Crippen LogP contribution in [-0.4, -0.2) is 41.3 Å². The number of amides is 2. The lowest BCUT2D eigenvalue weighted by Crippen LogP contribution is -2.49. The largest absolute Gasteiger partial charge is 0.349 e. The third-order valence-electron chi connectivity index (χ3n) is 4.59. The van der Waals surface area contributed by atoms with Crippen LogP contribution in [0.5, 0.6) is 0 Å². The van der Waals surface area contributed by atoms with Crippen LogP contribution in [0.3, 0.4) is 0 Å². The summed E-state index contributed by atoms with van der Waals surface area (Å²) in [6.07, 6.45) is 3.77. The molecular formula is C20H25ClN4O2. The Morgan fingerprint density at radius 2 is 2.04 bits per heavy atom. The number of benzene rings is 1. The quantitative estimate of drug-likeness (QED) is 0.823. The number of aromatic nitrogens is 1. The smallest absolute Gasteiger partial charge is 0.225 e. The summed E-state index contributed by atoms with van der Waals surface area (Å²) < 4.78 is 0. The van der Waals surface area contributed by atoms with E-state index < -0.39 is 0 Å². The van der Waals surface area contributed by atoms with E-state index in [-0.39, 0.29) is 42.7 Å². The fraction of sp³-hybridized carbons (Fsp3) is 0.350. The molecule has 2 heterocycles. The van der Waals surface area contributed by atoms with Crippen LogP contribution >= 0.6 is 12.4 Å². The molecule has 0 aliphatic carbocycles. The summed E-state index contributed by atoms with van der Waals surface area (Å²) in [7, 11) is 0. The number of rotatable bonds is 5. The maximum Gasteiger partial charge on any atom is 0.225 e. The van der Waals surface area contributed by atoms with Gasteiger partial charge in [-0.2, -0.15) is 0 Å². The summed E-state index contributed by atoms with van der Waals surface area (Å²) in [4.78, 5) is 30.8. The Morgan fingerprint density at radius 3 is 2.70 bits per heavy atom. The zero-order valence-electron chi connectivity index (χ0n) is 15.3. The first-order valence-electron chi connectivity index (χ1n) is 8.87. The van der Waals surface area contributed by atoms with E-state index in [1.165, 1.54) is 6.92 Å². The summed E-state index contributed by atoms with van der Waals surface area (Å²) in [5.41, 5.74) is 1.95. The van der Waals surface area contributed by atoms with Gasteiger partial charge in [0.2, 0.25) is 11.8 Å². The highest BCUT2D eigenvalue weighted by molar-refractivity contribution is 5.85. The predicted octanol–water partition coefficient (Wildman–Crippen LogP) is 2.24. The molecule has 0 saturated carbocycles. The molecule has 0 radical (unpaired) electrons. The van der Waals surface area contributed by atoms with Crippen molar-refractivity contribution in [2.45, 2.75) is 25.4 Å². The number of carbonyl (C=O) groups is 2. The minimum Gasteiger partial charge on any atom is -0.349 e. The number of hydrogen-bond donors (Lipinski definition) is 2. The van der Waals surface area contributed by atoms with Gasteiger partial charge in [-0.3, -0.25) is 14.6 Å². The van der Waals surface area contributed by atoms with Crippen molar-refractivity contribution >= 4 is 24.2 Å². The van der Waals surface area contributed by atoms with Gasteiger partial charge in [-0.25, -0.2) is 0 Å². The average Bonchev–Trinajstić information content (AvgIpc) is 2.68. The molecule has 1 aliphatic heterocycles. The Balaban J connectivity index is 0.00000261. The summed E-state index contributed by atoms with van der Waals surface area (Å²) in [6.45, 7) is 3.58. The number of nitrogens with zero attached hydrogens (tertiary/aromatic N) is 2. The van der Waals surface area contributed by atoms with E-state index >= 15 is 0 Å². The zero-order chi connectivity index (χ0) is 18.4. The molecule has 1 saturated heterocycles. The van der Waals surface area contributed by atoms with E-state index in [4.69, 9.17) is 0 Å². The van der Waals surface area contributed by atoms with Crippen LogP contribution in [0.1, 0.15) is 36.6 Å². The molecule has 1 aromatic carbocycles. The summed E-state index contributed by atoms with van der Waals surface area (Å²) in [5.74, 6) is -0.112. The van der Waals surface area contributed by atoms with Crippen LogP contribution in [0.15, 0.2) is 54.9 Å². The Bertz CT molecular complexity index is 742. The highest BCUT2D eigenvalue weighted by Crippen LogP contribution is 2.25. The summed E-state index contributed by atoms with van der Waals surface area (Å²) in [6, 6.07) is 13.1. The van der Waals surface area contributed by atoms with E-state index in [0.29, 0.717) is 13.1 Å². The monoisotopic (exact) mass is 388 g/mol. The molecular weight excluding hydrogens is 364 g/mol. The van der Waals surface area contributed by atoms with Crippen molar-refractivity contribution in [2.75, 3.05) is 19.6 Å². The zero-order valence-corrected chi connectivity index (χ0v) is 16.1. The number of halogens is 1. The molecule has 2 N–H and O–H groups in total. The van der Waals surface area contributed by atoms with Gasteiger partial charge in [0.05, 0.1) is 18.5 Å². The first kappa shape index (κ1) is 20.9. The Kier molecular flexibility index (Phi) is 7.76. The standard InChI is InChI=1S/C20H24N4O2.ClH/c1-15(25)23-18(16-6-3-2-4-7-16)12-20(26)24-11-10-22-14-19(24)17-8-5-9-21-13-17;/h2-9,13,18-19,22H,10-12,14H2,1H3,(H,23,25);1H. The molecule has 0 bridgehead atoms. The number of hydrogen-bond acceptors (Lipinski definition) is 4. The van der Waals surface area contributed by atoms with Crippen molar-refractivity contribution in [2.24, 2.45) is 0 Å². The first-order valence-corrected chi connectivity index (χ1v) is 8.87. The Hall–Kier alpha value is -2.44. The lowest BCUT2D eigenvalue weighted by Gasteiger charge is -2.37. The maximum atomic E-state index is 13.1. The van der Waals surface area contributed by atoms with Crippen LogP contribution in [0, 0.1) is 0 Å². The second-order valence-corrected chi connectivity index (χ2v) is 6.46. The number of piperazine rings is 1. The third kappa shape index (κ3) is 5.52. The second kappa shape index (κ2) is 10.0. The van der Waals surface area contributed by atoms with E-state index in [0.717, 1.165) is 17.7 Å². The van der Waals surface area contributed by atoms with Crippen LogP contribution in [-0.2, 0) is 9.59 Å². The minimum atomic E-state index is -0.328. The van der Waals surface area contributed by atoms with E-state index in [1.807, 2.05) is 47.4 Å². The topological polar surface area (TPSA) is 74.3 Å². The van der Waals surface area contributed by atoms with Crippen LogP contribution in [0.25, 0.3) is 0 Å². The van der Waals surface area contributed by atoms with E-state index in [2.05, 4.69) is 15.6 Å². The lowest BCUT2D eigenvalue weighted by molar-refractivity contribution is -0.135.